The fraction of sp³-hybridized carbons (Fsp3) is 0.261. The predicted molar refractivity (Wildman–Crippen MR) is 121 cm³/mol. The zero-order chi connectivity index (χ0) is 22.9. The fourth-order valence-corrected chi connectivity index (χ4v) is 3.90. The Morgan fingerprint density at radius 3 is 2.42 bits per heavy atom. The highest BCUT2D eigenvalue weighted by Gasteiger charge is 2.28. The summed E-state index contributed by atoms with van der Waals surface area (Å²) in [5.41, 5.74) is 3.21. The molecular weight excluding hydrogens is 414 g/mol. The van der Waals surface area contributed by atoms with Crippen molar-refractivity contribution in [1.82, 2.24) is 9.78 Å². The van der Waals surface area contributed by atoms with Crippen LogP contribution >= 0.6 is 0 Å². The molecule has 1 amide bonds. The van der Waals surface area contributed by atoms with Gasteiger partial charge in [-0.1, -0.05) is 39.0 Å². The van der Waals surface area contributed by atoms with E-state index in [2.05, 4.69) is 25.9 Å². The Morgan fingerprint density at radius 2 is 1.84 bits per heavy atom. The van der Waals surface area contributed by atoms with Gasteiger partial charge >= 0.3 is 5.97 Å². The molecule has 0 fully saturated rings. The van der Waals surface area contributed by atoms with Gasteiger partial charge in [-0.2, -0.15) is 5.10 Å². The van der Waals surface area contributed by atoms with E-state index in [1.807, 2.05) is 25.1 Å². The van der Waals surface area contributed by atoms with Crippen molar-refractivity contribution in [3.63, 3.8) is 0 Å². The molecule has 0 spiro atoms. The summed E-state index contributed by atoms with van der Waals surface area (Å²) in [6, 6.07) is 12.5. The lowest BCUT2D eigenvalue weighted by Gasteiger charge is -2.25. The maximum atomic E-state index is 13.4. The SMILES string of the molecule is Cc1ccc(C(=O)N(c2cccc(C(C)(C)C)c2)[S@@+](C)[O-])cc1-n1cc(C(=O)O)cn1. The summed E-state index contributed by atoms with van der Waals surface area (Å²) in [7, 11) is 0. The van der Waals surface area contributed by atoms with Crippen molar-refractivity contribution in [2.24, 2.45) is 0 Å². The van der Waals surface area contributed by atoms with Gasteiger partial charge in [-0.3, -0.25) is 4.79 Å². The second kappa shape index (κ2) is 8.56. The molecule has 7 nitrogen and oxygen atoms in total. The predicted octanol–water partition coefficient (Wildman–Crippen LogP) is 4.12. The maximum Gasteiger partial charge on any atom is 0.338 e. The number of carbonyl (C=O) groups excluding carboxylic acids is 1. The molecule has 1 aromatic heterocycles. The first-order chi connectivity index (χ1) is 14.5. The molecule has 1 atom stereocenters. The Labute approximate surface area is 184 Å². The number of aromatic nitrogens is 2. The number of nitrogens with zero attached hydrogens (tertiary/aromatic N) is 3. The number of rotatable bonds is 5. The van der Waals surface area contributed by atoms with E-state index in [1.165, 1.54) is 27.6 Å². The minimum absolute atomic E-state index is 0.0476. The molecule has 8 heteroatoms. The molecule has 0 aliphatic carbocycles. The van der Waals surface area contributed by atoms with E-state index in [-0.39, 0.29) is 11.0 Å². The van der Waals surface area contributed by atoms with E-state index in [9.17, 15) is 14.1 Å². The minimum atomic E-state index is -1.59. The van der Waals surface area contributed by atoms with Crippen LogP contribution in [0.4, 0.5) is 5.69 Å². The Balaban J connectivity index is 2.03. The number of carboxylic acid groups (broad SMARTS) is 1. The van der Waals surface area contributed by atoms with E-state index in [0.29, 0.717) is 16.9 Å². The van der Waals surface area contributed by atoms with Gasteiger partial charge < -0.3 is 9.66 Å². The summed E-state index contributed by atoms with van der Waals surface area (Å²) in [5, 5.41) is 13.2. The average molecular weight is 440 g/mol. The molecule has 0 saturated heterocycles. The lowest BCUT2D eigenvalue weighted by atomic mass is 9.87. The number of carboxylic acids is 1. The van der Waals surface area contributed by atoms with Crippen molar-refractivity contribution in [1.29, 1.82) is 0 Å². The van der Waals surface area contributed by atoms with Gasteiger partial charge in [-0.05, 0) is 47.7 Å². The van der Waals surface area contributed by atoms with Crippen LogP contribution < -0.4 is 4.31 Å². The standard InChI is InChI=1S/C23H25N3O4S/c1-15-9-10-16(11-20(15)25-14-17(13-24-25)22(28)29)21(27)26(31(5)30)19-8-6-7-18(12-19)23(2,3)4/h6-14H,1-5H3,(H,28,29)/t31-/m1/s1. The Morgan fingerprint density at radius 1 is 1.13 bits per heavy atom. The highest BCUT2D eigenvalue weighted by molar-refractivity contribution is 7.92. The minimum Gasteiger partial charge on any atom is -0.593 e. The summed E-state index contributed by atoms with van der Waals surface area (Å²) >= 11 is -1.59. The first kappa shape index (κ1) is 22.6. The molecule has 1 N–H and O–H groups in total. The summed E-state index contributed by atoms with van der Waals surface area (Å²) in [6.45, 7) is 8.06. The quantitative estimate of drug-likeness (QED) is 0.603. The molecule has 0 radical (unpaired) electrons. The smallest absolute Gasteiger partial charge is 0.338 e. The number of hydrogen-bond donors (Lipinski definition) is 1. The van der Waals surface area contributed by atoms with E-state index < -0.39 is 23.2 Å². The molecule has 162 valence electrons. The summed E-state index contributed by atoms with van der Waals surface area (Å²) < 4.78 is 15.2. The lowest BCUT2D eigenvalue weighted by molar-refractivity contribution is 0.0696. The highest BCUT2D eigenvalue weighted by Crippen LogP contribution is 2.29. The van der Waals surface area contributed by atoms with E-state index in [4.69, 9.17) is 5.11 Å². The van der Waals surface area contributed by atoms with E-state index >= 15 is 0 Å². The van der Waals surface area contributed by atoms with Gasteiger partial charge in [0.05, 0.1) is 34.5 Å². The topological polar surface area (TPSA) is 98.5 Å². The number of aryl methyl sites for hydroxylation is 1. The number of benzene rings is 2. The van der Waals surface area contributed by atoms with Gasteiger partial charge in [0.15, 0.2) is 0 Å². The Bertz CT molecular complexity index is 1130. The second-order valence-electron chi connectivity index (χ2n) is 8.30. The highest BCUT2D eigenvalue weighted by atomic mass is 32.2. The van der Waals surface area contributed by atoms with Crippen LogP contribution in [-0.4, -0.2) is 37.6 Å². The molecule has 3 aromatic rings. The number of aromatic carboxylic acids is 1. The van der Waals surface area contributed by atoms with Crippen LogP contribution in [0, 0.1) is 6.92 Å². The maximum absolute atomic E-state index is 13.4. The Kier molecular flexibility index (Phi) is 6.24. The van der Waals surface area contributed by atoms with Gasteiger partial charge in [0.2, 0.25) is 0 Å². The van der Waals surface area contributed by atoms with Crippen molar-refractivity contribution in [2.75, 3.05) is 10.6 Å². The molecule has 2 aromatic carbocycles. The van der Waals surface area contributed by atoms with Crippen molar-refractivity contribution < 1.29 is 19.2 Å². The molecule has 0 aliphatic rings. The molecule has 0 saturated carbocycles. The number of amides is 1. The summed E-state index contributed by atoms with van der Waals surface area (Å²) in [4.78, 5) is 24.5. The molecule has 0 unspecified atom stereocenters. The van der Waals surface area contributed by atoms with Crippen LogP contribution in [0.15, 0.2) is 54.9 Å². The van der Waals surface area contributed by atoms with Crippen LogP contribution in [0.2, 0.25) is 0 Å². The fourth-order valence-electron chi connectivity index (χ4n) is 3.15. The van der Waals surface area contributed by atoms with Crippen LogP contribution in [0.1, 0.15) is 52.6 Å². The number of hydrogen-bond acceptors (Lipinski definition) is 4. The third-order valence-electron chi connectivity index (χ3n) is 4.92. The third kappa shape index (κ3) is 4.81. The van der Waals surface area contributed by atoms with Crippen molar-refractivity contribution in [3.05, 3.63) is 77.1 Å². The molecular formula is C23H25N3O4S. The third-order valence-corrected chi connectivity index (χ3v) is 5.81. The lowest BCUT2D eigenvalue weighted by Crippen LogP contribution is -2.36. The molecule has 0 aliphatic heterocycles. The van der Waals surface area contributed by atoms with Gasteiger partial charge in [-0.15, -0.1) is 4.31 Å². The second-order valence-corrected chi connectivity index (χ2v) is 9.52. The van der Waals surface area contributed by atoms with E-state index in [1.54, 1.807) is 24.3 Å². The van der Waals surface area contributed by atoms with E-state index in [0.717, 1.165) is 11.1 Å². The van der Waals surface area contributed by atoms with Crippen LogP contribution in [-0.2, 0) is 16.8 Å². The van der Waals surface area contributed by atoms with Gasteiger partial charge in [0.1, 0.15) is 6.26 Å². The molecule has 3 rings (SSSR count). The average Bonchev–Trinajstić information content (AvgIpc) is 3.18. The van der Waals surface area contributed by atoms with Gasteiger partial charge in [0, 0.05) is 11.8 Å². The zero-order valence-electron chi connectivity index (χ0n) is 18.1. The zero-order valence-corrected chi connectivity index (χ0v) is 18.9. The van der Waals surface area contributed by atoms with Gasteiger partial charge in [0.25, 0.3) is 5.91 Å². The summed E-state index contributed by atoms with van der Waals surface area (Å²) in [6.07, 6.45) is 4.10. The largest absolute Gasteiger partial charge is 0.593 e. The van der Waals surface area contributed by atoms with Gasteiger partial charge in [-0.25, -0.2) is 9.48 Å². The number of anilines is 1. The molecule has 31 heavy (non-hydrogen) atoms. The normalized spacial score (nSPS) is 12.5. The molecule has 1 heterocycles. The monoisotopic (exact) mass is 439 g/mol. The van der Waals surface area contributed by atoms with Crippen LogP contribution in [0.5, 0.6) is 0 Å². The number of carbonyl (C=O) groups is 2. The summed E-state index contributed by atoms with van der Waals surface area (Å²) in [5.74, 6) is -1.50. The van der Waals surface area contributed by atoms with Crippen molar-refractivity contribution in [2.45, 2.75) is 33.1 Å². The first-order valence-corrected chi connectivity index (χ1v) is 11.2. The van der Waals surface area contributed by atoms with Crippen LogP contribution in [0.3, 0.4) is 0 Å². The van der Waals surface area contributed by atoms with Crippen molar-refractivity contribution >= 4 is 28.9 Å². The van der Waals surface area contributed by atoms with Crippen molar-refractivity contribution in [3.8, 4) is 5.69 Å². The molecule has 0 bridgehead atoms. The van der Waals surface area contributed by atoms with Crippen LogP contribution in [0.25, 0.3) is 5.69 Å². The Hall–Kier alpha value is -3.10. The first-order valence-electron chi connectivity index (χ1n) is 9.66.